The maximum atomic E-state index is 11.6. The summed E-state index contributed by atoms with van der Waals surface area (Å²) < 4.78 is 4.97. The van der Waals surface area contributed by atoms with Crippen molar-refractivity contribution in [1.29, 1.82) is 0 Å². The molecule has 0 aromatic carbocycles. The number of aromatic nitrogens is 2. The lowest BCUT2D eigenvalue weighted by atomic mass is 10.2. The van der Waals surface area contributed by atoms with Gasteiger partial charge in [-0.3, -0.25) is 4.79 Å². The van der Waals surface area contributed by atoms with Crippen LogP contribution >= 0.6 is 0 Å². The Morgan fingerprint density at radius 2 is 2.10 bits per heavy atom. The number of nitrogens with two attached hydrogens (primary N) is 1. The van der Waals surface area contributed by atoms with E-state index in [1.807, 2.05) is 13.8 Å². The van der Waals surface area contributed by atoms with Crippen molar-refractivity contribution in [1.82, 2.24) is 15.3 Å². The zero-order chi connectivity index (χ0) is 15.0. The molecule has 1 aromatic rings. The number of carbonyl (C=O) groups excluding carboxylic acids is 1. The Bertz CT molecular complexity index is 438. The molecule has 0 aliphatic rings. The Hall–Kier alpha value is -1.93. The number of hydrogen-bond acceptors (Lipinski definition) is 7. The lowest BCUT2D eigenvalue weighted by Crippen LogP contribution is -2.32. The Morgan fingerprint density at radius 1 is 1.40 bits per heavy atom. The number of amides is 1. The Morgan fingerprint density at radius 3 is 2.70 bits per heavy atom. The highest BCUT2D eigenvalue weighted by Crippen LogP contribution is 2.10. The molecule has 0 atom stereocenters. The van der Waals surface area contributed by atoms with Gasteiger partial charge in [-0.15, -0.1) is 0 Å². The largest absolute Gasteiger partial charge is 0.377 e. The van der Waals surface area contributed by atoms with Gasteiger partial charge >= 0.3 is 0 Å². The van der Waals surface area contributed by atoms with Crippen LogP contribution in [-0.4, -0.2) is 36.1 Å². The lowest BCUT2D eigenvalue weighted by molar-refractivity contribution is -0.119. The fraction of sp³-hybridized carbons (Fsp3) is 0.583. The van der Waals surface area contributed by atoms with Crippen molar-refractivity contribution < 1.29 is 9.53 Å². The van der Waals surface area contributed by atoms with Crippen molar-refractivity contribution in [3.8, 4) is 0 Å². The van der Waals surface area contributed by atoms with E-state index in [1.165, 1.54) is 0 Å². The molecule has 8 nitrogen and oxygen atoms in total. The molecule has 0 spiro atoms. The highest BCUT2D eigenvalue weighted by molar-refractivity contribution is 5.80. The molecule has 0 bridgehead atoms. The standard InChI is InChI=1S/C12H22N6O2/c1-8(2)5-15-12(19)6-14-9-4-10(18-13)17-11(16-9)7-20-3/h4,8H,5-7,13H2,1-3H3,(H,15,19)(H2,14,16,17,18). The summed E-state index contributed by atoms with van der Waals surface area (Å²) in [5.41, 5.74) is 2.45. The first-order chi connectivity index (χ1) is 9.55. The van der Waals surface area contributed by atoms with Crippen LogP contribution in [0.25, 0.3) is 0 Å². The van der Waals surface area contributed by atoms with Crippen molar-refractivity contribution >= 4 is 17.5 Å². The van der Waals surface area contributed by atoms with E-state index < -0.39 is 0 Å². The Kier molecular flexibility index (Phi) is 6.68. The van der Waals surface area contributed by atoms with E-state index >= 15 is 0 Å². The van der Waals surface area contributed by atoms with Crippen LogP contribution < -0.4 is 21.9 Å². The SMILES string of the molecule is COCc1nc(NN)cc(NCC(=O)NCC(C)C)n1. The molecule has 0 saturated carbocycles. The maximum Gasteiger partial charge on any atom is 0.239 e. The molecular weight excluding hydrogens is 260 g/mol. The van der Waals surface area contributed by atoms with Gasteiger partial charge in [-0.2, -0.15) is 0 Å². The summed E-state index contributed by atoms with van der Waals surface area (Å²) in [7, 11) is 1.55. The molecule has 1 amide bonds. The first-order valence-corrected chi connectivity index (χ1v) is 6.39. The van der Waals surface area contributed by atoms with Gasteiger partial charge in [-0.05, 0) is 5.92 Å². The van der Waals surface area contributed by atoms with E-state index in [4.69, 9.17) is 10.6 Å². The van der Waals surface area contributed by atoms with E-state index in [1.54, 1.807) is 13.2 Å². The van der Waals surface area contributed by atoms with Crippen LogP contribution in [0.1, 0.15) is 19.7 Å². The molecule has 0 saturated heterocycles. The topological polar surface area (TPSA) is 114 Å². The second kappa shape index (κ2) is 8.28. The number of rotatable bonds is 8. The minimum absolute atomic E-state index is 0.0899. The smallest absolute Gasteiger partial charge is 0.239 e. The molecule has 20 heavy (non-hydrogen) atoms. The number of nitrogens with one attached hydrogen (secondary N) is 3. The van der Waals surface area contributed by atoms with Gasteiger partial charge in [-0.25, -0.2) is 15.8 Å². The Labute approximate surface area is 118 Å². The van der Waals surface area contributed by atoms with Gasteiger partial charge in [0.15, 0.2) is 5.82 Å². The van der Waals surface area contributed by atoms with Crippen molar-refractivity contribution in [2.75, 3.05) is 30.9 Å². The van der Waals surface area contributed by atoms with Gasteiger partial charge in [0, 0.05) is 19.7 Å². The first kappa shape index (κ1) is 16.1. The van der Waals surface area contributed by atoms with Gasteiger partial charge in [0.2, 0.25) is 5.91 Å². The Balaban J connectivity index is 2.58. The molecule has 112 valence electrons. The summed E-state index contributed by atoms with van der Waals surface area (Å²) >= 11 is 0. The third-order valence-corrected chi connectivity index (χ3v) is 2.33. The third kappa shape index (κ3) is 5.81. The van der Waals surface area contributed by atoms with Crippen molar-refractivity contribution in [2.24, 2.45) is 11.8 Å². The van der Waals surface area contributed by atoms with Crippen LogP contribution in [-0.2, 0) is 16.1 Å². The quantitative estimate of drug-likeness (QED) is 0.395. The number of carbonyl (C=O) groups is 1. The highest BCUT2D eigenvalue weighted by atomic mass is 16.5. The van der Waals surface area contributed by atoms with Gasteiger partial charge < -0.3 is 20.8 Å². The van der Waals surface area contributed by atoms with E-state index in [9.17, 15) is 4.79 Å². The molecule has 0 fully saturated rings. The van der Waals surface area contributed by atoms with Crippen molar-refractivity contribution in [3.05, 3.63) is 11.9 Å². The van der Waals surface area contributed by atoms with Crippen molar-refractivity contribution in [2.45, 2.75) is 20.5 Å². The molecule has 1 aromatic heterocycles. The number of nitrogen functional groups attached to an aromatic ring is 1. The normalized spacial score (nSPS) is 10.4. The molecule has 1 heterocycles. The van der Waals surface area contributed by atoms with E-state index in [0.29, 0.717) is 29.9 Å². The monoisotopic (exact) mass is 282 g/mol. The summed E-state index contributed by atoms with van der Waals surface area (Å²) in [6.07, 6.45) is 0. The molecule has 1 rings (SSSR count). The average molecular weight is 282 g/mol. The highest BCUT2D eigenvalue weighted by Gasteiger charge is 2.06. The van der Waals surface area contributed by atoms with Crippen LogP contribution in [0.15, 0.2) is 6.07 Å². The number of hydrogen-bond donors (Lipinski definition) is 4. The minimum Gasteiger partial charge on any atom is -0.377 e. The number of hydrazine groups is 1. The van der Waals surface area contributed by atoms with Gasteiger partial charge in [0.1, 0.15) is 18.2 Å². The number of methoxy groups -OCH3 is 1. The average Bonchev–Trinajstić information content (AvgIpc) is 2.43. The summed E-state index contributed by atoms with van der Waals surface area (Å²) in [5, 5.41) is 5.74. The maximum absolute atomic E-state index is 11.6. The number of ether oxygens (including phenoxy) is 1. The van der Waals surface area contributed by atoms with Gasteiger partial charge in [-0.1, -0.05) is 13.8 Å². The predicted molar refractivity (Wildman–Crippen MR) is 76.9 cm³/mol. The molecule has 0 aliphatic carbocycles. The summed E-state index contributed by atoms with van der Waals surface area (Å²) in [4.78, 5) is 19.9. The van der Waals surface area contributed by atoms with E-state index in [2.05, 4.69) is 26.0 Å². The van der Waals surface area contributed by atoms with E-state index in [0.717, 1.165) is 0 Å². The molecule has 8 heteroatoms. The zero-order valence-electron chi connectivity index (χ0n) is 12.1. The molecule has 0 unspecified atom stereocenters. The number of anilines is 2. The second-order valence-corrected chi connectivity index (χ2v) is 4.68. The molecule has 0 radical (unpaired) electrons. The van der Waals surface area contributed by atoms with Crippen molar-refractivity contribution in [3.63, 3.8) is 0 Å². The lowest BCUT2D eigenvalue weighted by Gasteiger charge is -2.10. The summed E-state index contributed by atoms with van der Waals surface area (Å²) in [6, 6.07) is 1.62. The van der Waals surface area contributed by atoms with Crippen LogP contribution in [0.5, 0.6) is 0 Å². The minimum atomic E-state index is -0.0899. The molecule has 0 aliphatic heterocycles. The molecular formula is C12H22N6O2. The van der Waals surface area contributed by atoms with E-state index in [-0.39, 0.29) is 19.1 Å². The zero-order valence-corrected chi connectivity index (χ0v) is 12.1. The van der Waals surface area contributed by atoms with Gasteiger partial charge in [0.05, 0.1) is 6.54 Å². The summed E-state index contributed by atoms with van der Waals surface area (Å²) in [5.74, 6) is 7.11. The predicted octanol–water partition coefficient (Wildman–Crippen LogP) is 0.0927. The van der Waals surface area contributed by atoms with Gasteiger partial charge in [0.25, 0.3) is 0 Å². The van der Waals surface area contributed by atoms with Crippen LogP contribution in [0, 0.1) is 5.92 Å². The third-order valence-electron chi connectivity index (χ3n) is 2.33. The molecule has 5 N–H and O–H groups in total. The fourth-order valence-corrected chi connectivity index (χ4v) is 1.41. The summed E-state index contributed by atoms with van der Waals surface area (Å²) in [6.45, 7) is 5.13. The first-order valence-electron chi connectivity index (χ1n) is 6.39. The second-order valence-electron chi connectivity index (χ2n) is 4.68. The van der Waals surface area contributed by atoms with Crippen LogP contribution in [0.4, 0.5) is 11.6 Å². The van der Waals surface area contributed by atoms with Crippen LogP contribution in [0.3, 0.4) is 0 Å². The fourth-order valence-electron chi connectivity index (χ4n) is 1.41. The van der Waals surface area contributed by atoms with Crippen LogP contribution in [0.2, 0.25) is 0 Å². The number of nitrogens with zero attached hydrogens (tertiary/aromatic N) is 2.